The van der Waals surface area contributed by atoms with Crippen LogP contribution >= 0.6 is 0 Å². The number of nitrogens with zero attached hydrogens (tertiary/aromatic N) is 2. The van der Waals surface area contributed by atoms with Gasteiger partial charge in [0.2, 0.25) is 15.7 Å². The average Bonchev–Trinajstić information content (AvgIpc) is 3.62. The van der Waals surface area contributed by atoms with E-state index in [2.05, 4.69) is 51.3 Å². The second kappa shape index (κ2) is 13.0. The smallest absolute Gasteiger partial charge is 0.247 e. The number of amides is 1. The maximum absolute atomic E-state index is 13.3. The fraction of sp³-hybridized carbons (Fsp3) is 0.447. The molecular formula is C38H46N4O3S. The number of piperidine rings is 1. The zero-order chi connectivity index (χ0) is 31.7. The van der Waals surface area contributed by atoms with Gasteiger partial charge in [-0.3, -0.25) is 4.79 Å². The van der Waals surface area contributed by atoms with Crippen LogP contribution in [-0.4, -0.2) is 58.5 Å². The van der Waals surface area contributed by atoms with Gasteiger partial charge in [-0.05, 0) is 117 Å². The lowest BCUT2D eigenvalue weighted by Crippen LogP contribution is -2.59. The molecule has 7 rings (SSSR count). The van der Waals surface area contributed by atoms with Crippen LogP contribution in [0.15, 0.2) is 95.2 Å². The van der Waals surface area contributed by atoms with E-state index in [1.165, 1.54) is 57.7 Å². The van der Waals surface area contributed by atoms with E-state index >= 15 is 0 Å². The highest BCUT2D eigenvalue weighted by atomic mass is 32.2. The molecule has 3 heterocycles. The Morgan fingerprint density at radius 1 is 0.913 bits per heavy atom. The first-order valence-corrected chi connectivity index (χ1v) is 18.5. The molecule has 4 aliphatic rings. The Labute approximate surface area is 274 Å². The fourth-order valence-electron chi connectivity index (χ4n) is 8.82. The third-order valence-electron chi connectivity index (χ3n) is 11.1. The standard InChI is InChI=1S/C38H46N4O3S/c1-2-37(43)40-32-11-7-12-35(24-32)46(44,45)34-16-14-33(15-17-34)42-26-28(27-42)25-41-22-19-31(20-23-41)38(30-9-4-5-10-30)36-13-6-3-8-29(36)18-21-39-38/h2-3,6-8,11-17,24,28,30-31,39H,1,4-5,9-10,18-23,25-27H2,(H,40,43). The Hall–Kier alpha value is -3.46. The molecule has 0 aromatic heterocycles. The first kappa shape index (κ1) is 31.2. The predicted molar refractivity (Wildman–Crippen MR) is 184 cm³/mol. The Balaban J connectivity index is 0.940. The van der Waals surface area contributed by atoms with E-state index in [1.807, 2.05) is 12.1 Å². The van der Waals surface area contributed by atoms with E-state index in [9.17, 15) is 13.2 Å². The van der Waals surface area contributed by atoms with Crippen LogP contribution in [0, 0.1) is 17.8 Å². The Kier molecular flexibility index (Phi) is 8.79. The molecule has 1 saturated carbocycles. The summed E-state index contributed by atoms with van der Waals surface area (Å²) in [4.78, 5) is 17.1. The van der Waals surface area contributed by atoms with E-state index in [-0.39, 0.29) is 21.2 Å². The normalized spacial score (nSPS) is 23.1. The lowest BCUT2D eigenvalue weighted by atomic mass is 9.63. The van der Waals surface area contributed by atoms with Gasteiger partial charge in [0.1, 0.15) is 0 Å². The molecule has 1 unspecified atom stereocenters. The molecule has 0 bridgehead atoms. The van der Waals surface area contributed by atoms with Crippen molar-refractivity contribution < 1.29 is 13.2 Å². The molecule has 3 aromatic carbocycles. The van der Waals surface area contributed by atoms with E-state index in [1.54, 1.807) is 41.5 Å². The highest BCUT2D eigenvalue weighted by molar-refractivity contribution is 7.91. The predicted octanol–water partition coefficient (Wildman–Crippen LogP) is 6.02. The summed E-state index contributed by atoms with van der Waals surface area (Å²) in [6, 6.07) is 22.8. The molecule has 8 heteroatoms. The van der Waals surface area contributed by atoms with Gasteiger partial charge in [0.05, 0.1) is 9.79 Å². The zero-order valence-corrected chi connectivity index (χ0v) is 27.5. The van der Waals surface area contributed by atoms with Crippen molar-refractivity contribution in [3.8, 4) is 0 Å². The first-order chi connectivity index (χ1) is 22.4. The third-order valence-corrected chi connectivity index (χ3v) is 12.9. The quantitative estimate of drug-likeness (QED) is 0.279. The van der Waals surface area contributed by atoms with Gasteiger partial charge in [-0.25, -0.2) is 8.42 Å². The number of sulfone groups is 1. The molecule has 46 heavy (non-hydrogen) atoms. The molecule has 0 radical (unpaired) electrons. The SMILES string of the molecule is C=CC(=O)Nc1cccc(S(=O)(=O)c2ccc(N3CC(CN4CCC(C5(C6CCCC6)NCCc6ccccc65)CC4)C3)cc2)c1. The van der Waals surface area contributed by atoms with Crippen LogP contribution in [-0.2, 0) is 26.6 Å². The van der Waals surface area contributed by atoms with Crippen LogP contribution < -0.4 is 15.5 Å². The minimum absolute atomic E-state index is 0.146. The van der Waals surface area contributed by atoms with Gasteiger partial charge in [0.15, 0.2) is 0 Å². The summed E-state index contributed by atoms with van der Waals surface area (Å²) in [7, 11) is -3.71. The van der Waals surface area contributed by atoms with Crippen LogP contribution in [0.5, 0.6) is 0 Å². The van der Waals surface area contributed by atoms with Crippen molar-refractivity contribution in [2.24, 2.45) is 17.8 Å². The zero-order valence-electron chi connectivity index (χ0n) is 26.7. The maximum atomic E-state index is 13.3. The van der Waals surface area contributed by atoms with Gasteiger partial charge in [-0.2, -0.15) is 0 Å². The molecule has 3 fully saturated rings. The number of hydrogen-bond donors (Lipinski definition) is 2. The van der Waals surface area contributed by atoms with E-state index < -0.39 is 9.84 Å². The summed E-state index contributed by atoms with van der Waals surface area (Å²) in [5, 5.41) is 6.78. The van der Waals surface area contributed by atoms with Crippen molar-refractivity contribution in [3.05, 3.63) is 96.6 Å². The lowest BCUT2D eigenvalue weighted by molar-refractivity contribution is -0.111. The summed E-state index contributed by atoms with van der Waals surface area (Å²) in [6.07, 6.45) is 10.3. The van der Waals surface area contributed by atoms with E-state index in [0.29, 0.717) is 17.5 Å². The molecular weight excluding hydrogens is 593 g/mol. The van der Waals surface area contributed by atoms with Gasteiger partial charge in [-0.1, -0.05) is 49.8 Å². The van der Waals surface area contributed by atoms with Gasteiger partial charge < -0.3 is 20.4 Å². The Morgan fingerprint density at radius 2 is 1.63 bits per heavy atom. The highest BCUT2D eigenvalue weighted by Crippen LogP contribution is 2.50. The number of fused-ring (bicyclic) bond motifs is 1. The summed E-state index contributed by atoms with van der Waals surface area (Å²) >= 11 is 0. The maximum Gasteiger partial charge on any atom is 0.247 e. The van der Waals surface area contributed by atoms with Crippen molar-refractivity contribution in [3.63, 3.8) is 0 Å². The molecule has 1 atom stereocenters. The largest absolute Gasteiger partial charge is 0.371 e. The van der Waals surface area contributed by atoms with Crippen LogP contribution in [0.25, 0.3) is 0 Å². The number of hydrogen-bond acceptors (Lipinski definition) is 6. The number of rotatable bonds is 9. The van der Waals surface area contributed by atoms with E-state index in [4.69, 9.17) is 0 Å². The number of likely N-dealkylation sites (tertiary alicyclic amines) is 1. The molecule has 2 saturated heterocycles. The topological polar surface area (TPSA) is 81.8 Å². The second-order valence-corrected chi connectivity index (χ2v) is 15.7. The summed E-state index contributed by atoms with van der Waals surface area (Å²) in [6.45, 7) is 10.0. The minimum Gasteiger partial charge on any atom is -0.371 e. The van der Waals surface area contributed by atoms with Crippen LogP contribution in [0.3, 0.4) is 0 Å². The van der Waals surface area contributed by atoms with Crippen molar-refractivity contribution in [1.29, 1.82) is 0 Å². The second-order valence-electron chi connectivity index (χ2n) is 13.7. The lowest BCUT2D eigenvalue weighted by Gasteiger charge is -2.53. The molecule has 7 nitrogen and oxygen atoms in total. The fourth-order valence-corrected chi connectivity index (χ4v) is 10.1. The van der Waals surface area contributed by atoms with E-state index in [0.717, 1.165) is 50.3 Å². The van der Waals surface area contributed by atoms with Crippen molar-refractivity contribution >= 4 is 27.1 Å². The third kappa shape index (κ3) is 5.91. The number of carbonyl (C=O) groups excluding carboxylic acids is 1. The molecule has 1 aliphatic carbocycles. The van der Waals surface area contributed by atoms with Crippen molar-refractivity contribution in [2.45, 2.75) is 60.3 Å². The first-order valence-electron chi connectivity index (χ1n) is 17.1. The van der Waals surface area contributed by atoms with Crippen LogP contribution in [0.2, 0.25) is 0 Å². The summed E-state index contributed by atoms with van der Waals surface area (Å²) in [5.41, 5.74) is 4.79. The van der Waals surface area contributed by atoms with Gasteiger partial charge in [0.25, 0.3) is 0 Å². The highest BCUT2D eigenvalue weighted by Gasteiger charge is 2.50. The Morgan fingerprint density at radius 3 is 2.37 bits per heavy atom. The molecule has 0 spiro atoms. The molecule has 3 aliphatic heterocycles. The summed E-state index contributed by atoms with van der Waals surface area (Å²) < 4.78 is 26.6. The van der Waals surface area contributed by atoms with Crippen LogP contribution in [0.1, 0.15) is 49.7 Å². The monoisotopic (exact) mass is 638 g/mol. The number of anilines is 2. The molecule has 3 aromatic rings. The van der Waals surface area contributed by atoms with Crippen molar-refractivity contribution in [1.82, 2.24) is 10.2 Å². The van der Waals surface area contributed by atoms with Gasteiger partial charge in [-0.15, -0.1) is 0 Å². The van der Waals surface area contributed by atoms with Gasteiger partial charge in [0, 0.05) is 49.0 Å². The number of carbonyl (C=O) groups is 1. The minimum atomic E-state index is -3.71. The molecule has 2 N–H and O–H groups in total. The van der Waals surface area contributed by atoms with Crippen LogP contribution in [0.4, 0.5) is 11.4 Å². The number of nitrogens with one attached hydrogen (secondary N) is 2. The number of benzene rings is 3. The average molecular weight is 639 g/mol. The van der Waals surface area contributed by atoms with Gasteiger partial charge >= 0.3 is 0 Å². The molecule has 242 valence electrons. The summed E-state index contributed by atoms with van der Waals surface area (Å²) in [5.74, 6) is 1.69. The Bertz CT molecular complexity index is 1670. The van der Waals surface area contributed by atoms with Crippen molar-refractivity contribution in [2.75, 3.05) is 49.5 Å². The molecule has 1 amide bonds.